The van der Waals surface area contributed by atoms with Gasteiger partial charge in [0.15, 0.2) is 4.34 Å². The Morgan fingerprint density at radius 2 is 2.27 bits per heavy atom. The van der Waals surface area contributed by atoms with Gasteiger partial charge in [0.1, 0.15) is 11.1 Å². The minimum atomic E-state index is 0.389. The molecule has 3 nitrogen and oxygen atoms in total. The molecule has 0 aliphatic rings. The number of thiazole rings is 1. The fourth-order valence-corrected chi connectivity index (χ4v) is 2.74. The molecule has 2 aromatic heterocycles. The SMILES string of the molecule is N#Cc1ccnc(Sc2nccs2)c1Cl. The second-order valence-corrected chi connectivity index (χ2v) is 5.00. The maximum absolute atomic E-state index is 8.78. The first kappa shape index (κ1) is 10.4. The summed E-state index contributed by atoms with van der Waals surface area (Å²) in [5, 5.41) is 11.7. The average molecular weight is 254 g/mol. The van der Waals surface area contributed by atoms with Crippen LogP contribution in [0.3, 0.4) is 0 Å². The molecule has 0 unspecified atom stereocenters. The molecule has 0 bridgehead atoms. The van der Waals surface area contributed by atoms with E-state index in [1.54, 1.807) is 18.5 Å². The van der Waals surface area contributed by atoms with Gasteiger partial charge >= 0.3 is 0 Å². The first-order chi connectivity index (χ1) is 7.31. The number of nitriles is 1. The van der Waals surface area contributed by atoms with Crippen LogP contribution in [0.4, 0.5) is 0 Å². The first-order valence-electron chi connectivity index (χ1n) is 3.93. The van der Waals surface area contributed by atoms with Crippen LogP contribution in [0.25, 0.3) is 0 Å². The van der Waals surface area contributed by atoms with Gasteiger partial charge in [-0.25, -0.2) is 9.97 Å². The Labute approximate surface area is 99.8 Å². The molecule has 0 radical (unpaired) electrons. The molecule has 0 saturated carbocycles. The largest absolute Gasteiger partial charge is 0.248 e. The number of pyridine rings is 1. The number of halogens is 1. The number of hydrogen-bond donors (Lipinski definition) is 0. The van der Waals surface area contributed by atoms with E-state index in [1.165, 1.54) is 23.1 Å². The summed E-state index contributed by atoms with van der Waals surface area (Å²) in [6.07, 6.45) is 3.29. The summed E-state index contributed by atoms with van der Waals surface area (Å²) >= 11 is 8.87. The highest BCUT2D eigenvalue weighted by molar-refractivity contribution is 8.01. The zero-order chi connectivity index (χ0) is 10.7. The highest BCUT2D eigenvalue weighted by Crippen LogP contribution is 2.33. The monoisotopic (exact) mass is 253 g/mol. The third kappa shape index (κ3) is 2.29. The molecule has 0 saturated heterocycles. The van der Waals surface area contributed by atoms with Gasteiger partial charge in [-0.3, -0.25) is 0 Å². The van der Waals surface area contributed by atoms with Crippen molar-refractivity contribution in [3.8, 4) is 6.07 Å². The molecule has 2 rings (SSSR count). The van der Waals surface area contributed by atoms with E-state index in [2.05, 4.69) is 9.97 Å². The van der Waals surface area contributed by atoms with Crippen molar-refractivity contribution in [3.63, 3.8) is 0 Å². The first-order valence-corrected chi connectivity index (χ1v) is 6.00. The molecular formula is C9H4ClN3S2. The minimum Gasteiger partial charge on any atom is -0.248 e. The molecule has 2 heterocycles. The van der Waals surface area contributed by atoms with Gasteiger partial charge in [0.25, 0.3) is 0 Å². The Bertz CT molecular complexity index is 505. The van der Waals surface area contributed by atoms with Crippen LogP contribution in [0.2, 0.25) is 5.02 Å². The van der Waals surface area contributed by atoms with E-state index >= 15 is 0 Å². The molecule has 15 heavy (non-hydrogen) atoms. The summed E-state index contributed by atoms with van der Waals surface area (Å²) in [7, 11) is 0. The number of nitrogens with zero attached hydrogens (tertiary/aromatic N) is 3. The second kappa shape index (κ2) is 4.62. The third-order valence-electron chi connectivity index (χ3n) is 1.57. The van der Waals surface area contributed by atoms with Crippen molar-refractivity contribution >= 4 is 34.7 Å². The van der Waals surface area contributed by atoms with E-state index in [0.29, 0.717) is 15.6 Å². The molecule has 74 valence electrons. The molecule has 0 amide bonds. The predicted octanol–water partition coefficient (Wildman–Crippen LogP) is 3.21. The van der Waals surface area contributed by atoms with Crippen LogP contribution >= 0.6 is 34.7 Å². The van der Waals surface area contributed by atoms with Gasteiger partial charge in [-0.05, 0) is 17.8 Å². The molecule has 0 aliphatic heterocycles. The van der Waals surface area contributed by atoms with Crippen molar-refractivity contribution in [1.82, 2.24) is 9.97 Å². The van der Waals surface area contributed by atoms with Crippen LogP contribution in [0.1, 0.15) is 5.56 Å². The second-order valence-electron chi connectivity index (χ2n) is 2.49. The lowest BCUT2D eigenvalue weighted by molar-refractivity contribution is 1.12. The molecule has 0 spiro atoms. The molecule has 2 aromatic rings. The number of rotatable bonds is 2. The lowest BCUT2D eigenvalue weighted by Crippen LogP contribution is -1.85. The van der Waals surface area contributed by atoms with Crippen LogP contribution in [0.15, 0.2) is 33.2 Å². The predicted molar refractivity (Wildman–Crippen MR) is 60.2 cm³/mol. The van der Waals surface area contributed by atoms with Crippen LogP contribution in [0.5, 0.6) is 0 Å². The molecule has 6 heteroatoms. The summed E-state index contributed by atoms with van der Waals surface area (Å²) in [6.45, 7) is 0. The maximum Gasteiger partial charge on any atom is 0.156 e. The molecule has 0 aliphatic carbocycles. The molecule has 0 N–H and O–H groups in total. The van der Waals surface area contributed by atoms with E-state index in [1.807, 2.05) is 11.4 Å². The Morgan fingerprint density at radius 3 is 2.93 bits per heavy atom. The molecular weight excluding hydrogens is 250 g/mol. The average Bonchev–Trinajstić information content (AvgIpc) is 2.74. The molecule has 0 atom stereocenters. The highest BCUT2D eigenvalue weighted by atomic mass is 35.5. The van der Waals surface area contributed by atoms with Crippen molar-refractivity contribution in [2.24, 2.45) is 0 Å². The Kier molecular flexibility index (Phi) is 3.21. The summed E-state index contributed by atoms with van der Waals surface area (Å²) in [6, 6.07) is 3.60. The van der Waals surface area contributed by atoms with Gasteiger partial charge in [0.05, 0.1) is 10.6 Å². The number of aromatic nitrogens is 2. The van der Waals surface area contributed by atoms with E-state index in [4.69, 9.17) is 16.9 Å². The lowest BCUT2D eigenvalue weighted by Gasteiger charge is -2.00. The van der Waals surface area contributed by atoms with Crippen molar-refractivity contribution in [2.45, 2.75) is 9.37 Å². The Morgan fingerprint density at radius 1 is 1.40 bits per heavy atom. The van der Waals surface area contributed by atoms with Crippen LogP contribution < -0.4 is 0 Å². The van der Waals surface area contributed by atoms with Gasteiger partial charge in [-0.1, -0.05) is 11.6 Å². The van der Waals surface area contributed by atoms with Gasteiger partial charge in [-0.15, -0.1) is 11.3 Å². The van der Waals surface area contributed by atoms with Gasteiger partial charge in [-0.2, -0.15) is 5.26 Å². The number of hydrogen-bond acceptors (Lipinski definition) is 5. The molecule has 0 aromatic carbocycles. The van der Waals surface area contributed by atoms with Gasteiger partial charge in [0.2, 0.25) is 0 Å². The zero-order valence-electron chi connectivity index (χ0n) is 7.35. The summed E-state index contributed by atoms with van der Waals surface area (Å²) < 4.78 is 0.861. The Balaban J connectivity index is 2.34. The summed E-state index contributed by atoms with van der Waals surface area (Å²) in [5.74, 6) is 0. The normalized spacial score (nSPS) is 9.87. The zero-order valence-corrected chi connectivity index (χ0v) is 9.73. The van der Waals surface area contributed by atoms with Crippen molar-refractivity contribution in [3.05, 3.63) is 34.4 Å². The Hall–Kier alpha value is -1.09. The topological polar surface area (TPSA) is 49.6 Å². The van der Waals surface area contributed by atoms with Gasteiger partial charge < -0.3 is 0 Å². The summed E-state index contributed by atoms with van der Waals surface area (Å²) in [5.41, 5.74) is 0.436. The third-order valence-corrected chi connectivity index (χ3v) is 3.95. The lowest BCUT2D eigenvalue weighted by atomic mass is 10.3. The van der Waals surface area contributed by atoms with Crippen LogP contribution in [-0.2, 0) is 0 Å². The van der Waals surface area contributed by atoms with Crippen molar-refractivity contribution < 1.29 is 0 Å². The summed E-state index contributed by atoms with van der Waals surface area (Å²) in [4.78, 5) is 8.22. The smallest absolute Gasteiger partial charge is 0.156 e. The van der Waals surface area contributed by atoms with Crippen LogP contribution in [0, 0.1) is 11.3 Å². The fourth-order valence-electron chi connectivity index (χ4n) is 0.926. The van der Waals surface area contributed by atoms with Crippen molar-refractivity contribution in [1.29, 1.82) is 5.26 Å². The van der Waals surface area contributed by atoms with Crippen LogP contribution in [-0.4, -0.2) is 9.97 Å². The molecule has 0 fully saturated rings. The minimum absolute atomic E-state index is 0.389. The standard InChI is InChI=1S/C9H4ClN3S2/c10-7-6(5-11)1-2-12-8(7)15-9-13-3-4-14-9/h1-4H. The fraction of sp³-hybridized carbons (Fsp3) is 0. The van der Waals surface area contributed by atoms with E-state index in [0.717, 1.165) is 4.34 Å². The maximum atomic E-state index is 8.78. The van der Waals surface area contributed by atoms with E-state index in [-0.39, 0.29) is 0 Å². The van der Waals surface area contributed by atoms with Crippen molar-refractivity contribution in [2.75, 3.05) is 0 Å². The highest BCUT2D eigenvalue weighted by Gasteiger charge is 2.09. The van der Waals surface area contributed by atoms with E-state index < -0.39 is 0 Å². The van der Waals surface area contributed by atoms with Gasteiger partial charge in [0, 0.05) is 17.8 Å². The quantitative estimate of drug-likeness (QED) is 0.825. The van der Waals surface area contributed by atoms with E-state index in [9.17, 15) is 0 Å².